The summed E-state index contributed by atoms with van der Waals surface area (Å²) in [5, 5.41) is 17.4. The summed E-state index contributed by atoms with van der Waals surface area (Å²) in [6, 6.07) is 9.17. The normalized spacial score (nSPS) is 10.8. The fourth-order valence-electron chi connectivity index (χ4n) is 2.65. The van der Waals surface area contributed by atoms with Crippen LogP contribution in [0.1, 0.15) is 17.0 Å². The van der Waals surface area contributed by atoms with Crippen LogP contribution in [0.4, 0.5) is 4.39 Å². The van der Waals surface area contributed by atoms with Crippen molar-refractivity contribution in [3.8, 4) is 29.2 Å². The van der Waals surface area contributed by atoms with Crippen LogP contribution in [0.15, 0.2) is 45.4 Å². The van der Waals surface area contributed by atoms with Gasteiger partial charge in [-0.2, -0.15) is 5.26 Å². The number of ether oxygens (including phenoxy) is 1. The standard InChI is InChI=1S/C20H8Cl4FN3O3/c21-11-3-9(7-26)4-12(6-11)30-18-13(22)2-1-10(17(18)25)5-15-27-28-20(31-15)19-16(24)14(23)8-29-19/h1-4,6,8H,5H2. The molecule has 0 saturated heterocycles. The van der Waals surface area contributed by atoms with Crippen LogP contribution in [0.25, 0.3) is 11.7 Å². The van der Waals surface area contributed by atoms with Gasteiger partial charge in [0.25, 0.3) is 5.89 Å². The molecule has 0 bridgehead atoms. The molecule has 156 valence electrons. The van der Waals surface area contributed by atoms with E-state index in [1.165, 1.54) is 36.6 Å². The lowest BCUT2D eigenvalue weighted by molar-refractivity contribution is 0.436. The molecule has 0 amide bonds. The lowest BCUT2D eigenvalue weighted by Gasteiger charge is -2.11. The minimum Gasteiger partial charge on any atom is -0.456 e. The van der Waals surface area contributed by atoms with Crippen LogP contribution in [0, 0.1) is 17.1 Å². The number of hydrogen-bond acceptors (Lipinski definition) is 6. The SMILES string of the molecule is N#Cc1cc(Cl)cc(Oc2c(Cl)ccc(Cc3nnc(-c4occ(Cl)c4Cl)o3)c2F)c1. The molecule has 0 fully saturated rings. The van der Waals surface area contributed by atoms with Gasteiger partial charge in [0.05, 0.1) is 28.1 Å². The first-order valence-corrected chi connectivity index (χ1v) is 9.97. The Hall–Kier alpha value is -2.76. The maximum Gasteiger partial charge on any atom is 0.285 e. The summed E-state index contributed by atoms with van der Waals surface area (Å²) in [6.45, 7) is 0. The molecule has 2 heterocycles. The average Bonchev–Trinajstić information content (AvgIpc) is 3.33. The van der Waals surface area contributed by atoms with Crippen molar-refractivity contribution in [1.82, 2.24) is 10.2 Å². The summed E-state index contributed by atoms with van der Waals surface area (Å²) >= 11 is 23.9. The molecule has 4 aromatic rings. The Morgan fingerprint density at radius 1 is 1.06 bits per heavy atom. The molecule has 11 heteroatoms. The molecule has 0 N–H and O–H groups in total. The maximum absolute atomic E-state index is 15.1. The molecular formula is C20H8Cl4FN3O3. The zero-order valence-electron chi connectivity index (χ0n) is 15.1. The molecule has 0 unspecified atom stereocenters. The summed E-state index contributed by atoms with van der Waals surface area (Å²) in [7, 11) is 0. The van der Waals surface area contributed by atoms with Crippen LogP contribution in [0.2, 0.25) is 20.1 Å². The van der Waals surface area contributed by atoms with Gasteiger partial charge in [0, 0.05) is 10.6 Å². The van der Waals surface area contributed by atoms with Crippen molar-refractivity contribution in [3.63, 3.8) is 0 Å². The smallest absolute Gasteiger partial charge is 0.285 e. The number of hydrogen-bond donors (Lipinski definition) is 0. The third kappa shape index (κ3) is 4.48. The van der Waals surface area contributed by atoms with E-state index in [0.29, 0.717) is 0 Å². The number of furan rings is 1. The molecule has 4 rings (SSSR count). The van der Waals surface area contributed by atoms with Crippen molar-refractivity contribution in [2.75, 3.05) is 0 Å². The number of aromatic nitrogens is 2. The van der Waals surface area contributed by atoms with Crippen LogP contribution in [0.3, 0.4) is 0 Å². The molecule has 2 aromatic carbocycles. The van der Waals surface area contributed by atoms with Crippen molar-refractivity contribution in [3.05, 3.63) is 79.5 Å². The third-order valence-corrected chi connectivity index (χ3v) is 5.31. The monoisotopic (exact) mass is 497 g/mol. The highest BCUT2D eigenvalue weighted by molar-refractivity contribution is 6.43. The lowest BCUT2D eigenvalue weighted by atomic mass is 10.1. The summed E-state index contributed by atoms with van der Waals surface area (Å²) < 4.78 is 31.4. The number of rotatable bonds is 5. The van der Waals surface area contributed by atoms with Crippen LogP contribution in [0.5, 0.6) is 11.5 Å². The van der Waals surface area contributed by atoms with E-state index in [2.05, 4.69) is 10.2 Å². The van der Waals surface area contributed by atoms with Crippen LogP contribution in [-0.2, 0) is 6.42 Å². The van der Waals surface area contributed by atoms with Gasteiger partial charge in [-0.1, -0.05) is 52.5 Å². The van der Waals surface area contributed by atoms with Gasteiger partial charge in [0.15, 0.2) is 11.6 Å². The van der Waals surface area contributed by atoms with Gasteiger partial charge >= 0.3 is 0 Å². The second kappa shape index (κ2) is 8.77. The fraction of sp³-hybridized carbons (Fsp3) is 0.0500. The second-order valence-corrected chi connectivity index (χ2v) is 7.77. The topological polar surface area (TPSA) is 85.1 Å². The highest BCUT2D eigenvalue weighted by Gasteiger charge is 2.21. The van der Waals surface area contributed by atoms with E-state index < -0.39 is 5.82 Å². The highest BCUT2D eigenvalue weighted by atomic mass is 35.5. The first kappa shape index (κ1) is 21.5. The Kier molecular flexibility index (Phi) is 6.08. The van der Waals surface area contributed by atoms with E-state index in [1.807, 2.05) is 6.07 Å². The summed E-state index contributed by atoms with van der Waals surface area (Å²) in [6.07, 6.45) is 1.18. The van der Waals surface area contributed by atoms with Crippen LogP contribution >= 0.6 is 46.4 Å². The van der Waals surface area contributed by atoms with Crippen molar-refractivity contribution in [2.24, 2.45) is 0 Å². The number of benzene rings is 2. The summed E-state index contributed by atoms with van der Waals surface area (Å²) in [5.74, 6) is -0.594. The molecule has 31 heavy (non-hydrogen) atoms. The quantitative estimate of drug-likeness (QED) is 0.286. The predicted octanol–water partition coefficient (Wildman–Crippen LogP) is 7.34. The Bertz CT molecular complexity index is 1330. The first-order chi connectivity index (χ1) is 14.9. The maximum atomic E-state index is 15.1. The third-order valence-electron chi connectivity index (χ3n) is 4.04. The van der Waals surface area contributed by atoms with E-state index in [0.717, 1.165) is 0 Å². The van der Waals surface area contributed by atoms with E-state index in [1.54, 1.807) is 0 Å². The predicted molar refractivity (Wildman–Crippen MR) is 112 cm³/mol. The van der Waals surface area contributed by atoms with Gasteiger partial charge in [-0.15, -0.1) is 10.2 Å². The van der Waals surface area contributed by atoms with Crippen LogP contribution < -0.4 is 4.74 Å². The lowest BCUT2D eigenvalue weighted by Crippen LogP contribution is -1.98. The van der Waals surface area contributed by atoms with Crippen molar-refractivity contribution >= 4 is 46.4 Å². The summed E-state index contributed by atoms with van der Waals surface area (Å²) in [5.41, 5.74) is 0.436. The Morgan fingerprint density at radius 3 is 2.58 bits per heavy atom. The van der Waals surface area contributed by atoms with Gasteiger partial charge in [0.2, 0.25) is 11.7 Å². The molecule has 0 atom stereocenters. The first-order valence-electron chi connectivity index (χ1n) is 8.46. The molecule has 0 aliphatic carbocycles. The van der Waals surface area contributed by atoms with Gasteiger partial charge in [-0.05, 0) is 24.3 Å². The number of nitriles is 1. The molecule has 2 aromatic heterocycles. The van der Waals surface area contributed by atoms with Crippen LogP contribution in [-0.4, -0.2) is 10.2 Å². The molecule has 0 saturated carbocycles. The molecule has 0 aliphatic rings. The van der Waals surface area contributed by atoms with E-state index in [9.17, 15) is 0 Å². The Balaban J connectivity index is 1.62. The zero-order chi connectivity index (χ0) is 22.1. The number of nitrogens with zero attached hydrogens (tertiary/aromatic N) is 3. The molecule has 0 radical (unpaired) electrons. The molecular weight excluding hydrogens is 491 g/mol. The van der Waals surface area contributed by atoms with E-state index in [4.69, 9.17) is 65.2 Å². The minimum atomic E-state index is -0.732. The largest absolute Gasteiger partial charge is 0.456 e. The van der Waals surface area contributed by atoms with Crippen molar-refractivity contribution < 1.29 is 18.0 Å². The van der Waals surface area contributed by atoms with Crippen molar-refractivity contribution in [1.29, 1.82) is 5.26 Å². The minimum absolute atomic E-state index is 0.000653. The van der Waals surface area contributed by atoms with Crippen molar-refractivity contribution in [2.45, 2.75) is 6.42 Å². The Labute approximate surface area is 194 Å². The summed E-state index contributed by atoms with van der Waals surface area (Å²) in [4.78, 5) is 0. The Morgan fingerprint density at radius 2 is 1.87 bits per heavy atom. The average molecular weight is 499 g/mol. The molecule has 0 aliphatic heterocycles. The van der Waals surface area contributed by atoms with Gasteiger partial charge in [-0.3, -0.25) is 0 Å². The molecule has 6 nitrogen and oxygen atoms in total. The van der Waals surface area contributed by atoms with E-state index in [-0.39, 0.29) is 66.7 Å². The van der Waals surface area contributed by atoms with Gasteiger partial charge in [-0.25, -0.2) is 4.39 Å². The number of halogens is 5. The second-order valence-electron chi connectivity index (χ2n) is 6.14. The fourth-order valence-corrected chi connectivity index (χ4v) is 3.36. The van der Waals surface area contributed by atoms with Gasteiger partial charge < -0.3 is 13.6 Å². The zero-order valence-corrected chi connectivity index (χ0v) is 18.2. The highest BCUT2D eigenvalue weighted by Crippen LogP contribution is 2.37. The van der Waals surface area contributed by atoms with E-state index >= 15 is 4.39 Å². The van der Waals surface area contributed by atoms with Gasteiger partial charge in [0.1, 0.15) is 17.0 Å². The molecule has 0 spiro atoms.